The molecule has 108 valence electrons. The number of hydrogen-bond acceptors (Lipinski definition) is 4. The molecule has 0 aliphatic carbocycles. The lowest BCUT2D eigenvalue weighted by Crippen LogP contribution is -2.28. The van der Waals surface area contributed by atoms with Gasteiger partial charge < -0.3 is 5.11 Å². The zero-order valence-corrected chi connectivity index (χ0v) is 11.5. The third-order valence-electron chi connectivity index (χ3n) is 2.72. The Morgan fingerprint density at radius 3 is 2.75 bits per heavy atom. The summed E-state index contributed by atoms with van der Waals surface area (Å²) in [5, 5.41) is 13.6. The molecule has 1 aromatic heterocycles. The normalized spacial score (nSPS) is 13.3. The molecule has 0 spiro atoms. The number of nitrogens with one attached hydrogen (secondary N) is 1. The third-order valence-corrected chi connectivity index (χ3v) is 4.10. The molecule has 0 aliphatic rings. The van der Waals surface area contributed by atoms with Crippen molar-refractivity contribution in [2.75, 3.05) is 6.54 Å². The first-order valence-electron chi connectivity index (χ1n) is 5.81. The van der Waals surface area contributed by atoms with E-state index in [-0.39, 0.29) is 17.0 Å². The van der Waals surface area contributed by atoms with Gasteiger partial charge in [0.25, 0.3) is 0 Å². The Labute approximate surface area is 115 Å². The van der Waals surface area contributed by atoms with Crippen molar-refractivity contribution in [3.05, 3.63) is 48.0 Å². The van der Waals surface area contributed by atoms with Gasteiger partial charge in [-0.2, -0.15) is 5.10 Å². The fourth-order valence-electron chi connectivity index (χ4n) is 1.66. The van der Waals surface area contributed by atoms with Crippen molar-refractivity contribution in [2.24, 2.45) is 7.05 Å². The lowest BCUT2D eigenvalue weighted by atomic mass is 10.1. The topological polar surface area (TPSA) is 84.2 Å². The van der Waals surface area contributed by atoms with Crippen LogP contribution >= 0.6 is 0 Å². The highest BCUT2D eigenvalue weighted by Gasteiger charge is 2.19. The Morgan fingerprint density at radius 2 is 2.15 bits per heavy atom. The van der Waals surface area contributed by atoms with Crippen LogP contribution in [0.4, 0.5) is 4.39 Å². The quantitative estimate of drug-likeness (QED) is 0.845. The summed E-state index contributed by atoms with van der Waals surface area (Å²) in [6.07, 6.45) is 1.26. The van der Waals surface area contributed by atoms with Crippen molar-refractivity contribution >= 4 is 10.0 Å². The number of nitrogens with zero attached hydrogens (tertiary/aromatic N) is 2. The maximum absolute atomic E-state index is 13.4. The zero-order chi connectivity index (χ0) is 14.8. The Morgan fingerprint density at radius 1 is 1.45 bits per heavy atom. The number of aliphatic hydroxyl groups is 1. The molecule has 1 aromatic carbocycles. The Bertz CT molecular complexity index is 699. The summed E-state index contributed by atoms with van der Waals surface area (Å²) in [4.78, 5) is -0.0132. The molecule has 1 heterocycles. The molecule has 6 nitrogen and oxygen atoms in total. The van der Waals surface area contributed by atoms with E-state index in [1.807, 2.05) is 0 Å². The Kier molecular flexibility index (Phi) is 4.17. The molecule has 0 fully saturated rings. The van der Waals surface area contributed by atoms with Gasteiger partial charge in [0.05, 0.1) is 12.3 Å². The fourth-order valence-corrected chi connectivity index (χ4v) is 2.69. The van der Waals surface area contributed by atoms with Crippen LogP contribution in [0.25, 0.3) is 0 Å². The first-order valence-corrected chi connectivity index (χ1v) is 7.29. The van der Waals surface area contributed by atoms with Crippen LogP contribution in [-0.2, 0) is 17.1 Å². The van der Waals surface area contributed by atoms with Crippen molar-refractivity contribution in [3.63, 3.8) is 0 Å². The monoisotopic (exact) mass is 299 g/mol. The lowest BCUT2D eigenvalue weighted by Gasteiger charge is -2.12. The Balaban J connectivity index is 2.07. The molecule has 8 heteroatoms. The number of halogens is 1. The van der Waals surface area contributed by atoms with Gasteiger partial charge in [0.2, 0.25) is 10.0 Å². The van der Waals surface area contributed by atoms with E-state index in [9.17, 15) is 17.9 Å². The first-order chi connectivity index (χ1) is 9.40. The molecule has 2 aromatic rings. The highest BCUT2D eigenvalue weighted by atomic mass is 32.2. The largest absolute Gasteiger partial charge is 0.387 e. The van der Waals surface area contributed by atoms with E-state index in [4.69, 9.17) is 0 Å². The van der Waals surface area contributed by atoms with Crippen LogP contribution in [0.5, 0.6) is 0 Å². The average Bonchev–Trinajstić information content (AvgIpc) is 2.84. The van der Waals surface area contributed by atoms with E-state index in [1.165, 1.54) is 35.3 Å². The summed E-state index contributed by atoms with van der Waals surface area (Å²) >= 11 is 0. The van der Waals surface area contributed by atoms with Gasteiger partial charge >= 0.3 is 0 Å². The molecule has 0 bridgehead atoms. The molecule has 0 radical (unpaired) electrons. The van der Waals surface area contributed by atoms with Gasteiger partial charge in [0.1, 0.15) is 10.7 Å². The van der Waals surface area contributed by atoms with Crippen molar-refractivity contribution < 1.29 is 17.9 Å². The minimum atomic E-state index is -3.77. The van der Waals surface area contributed by atoms with Gasteiger partial charge in [-0.1, -0.05) is 18.2 Å². The van der Waals surface area contributed by atoms with Gasteiger partial charge in [0, 0.05) is 25.4 Å². The predicted octanol–water partition coefficient (Wildman–Crippen LogP) is 0.571. The number of hydrogen-bond donors (Lipinski definition) is 2. The van der Waals surface area contributed by atoms with Crippen molar-refractivity contribution in [1.29, 1.82) is 0 Å². The van der Waals surface area contributed by atoms with Crippen LogP contribution in [0.3, 0.4) is 0 Å². The van der Waals surface area contributed by atoms with Gasteiger partial charge in [-0.05, 0) is 6.07 Å². The minimum Gasteiger partial charge on any atom is -0.387 e. The fraction of sp³-hybridized carbons (Fsp3) is 0.250. The second-order valence-electron chi connectivity index (χ2n) is 4.24. The summed E-state index contributed by atoms with van der Waals surface area (Å²) in [5.41, 5.74) is 0.0430. The number of sulfonamides is 1. The number of aromatic nitrogens is 2. The van der Waals surface area contributed by atoms with Gasteiger partial charge in [-0.15, -0.1) is 0 Å². The van der Waals surface area contributed by atoms with Crippen LogP contribution < -0.4 is 4.72 Å². The number of aryl methyl sites for hydroxylation is 1. The summed E-state index contributed by atoms with van der Waals surface area (Å²) < 4.78 is 40.8. The molecule has 2 rings (SSSR count). The van der Waals surface area contributed by atoms with Crippen LogP contribution in [0.1, 0.15) is 11.7 Å². The first kappa shape index (κ1) is 14.6. The minimum absolute atomic E-state index is 0.0132. The molecule has 2 N–H and O–H groups in total. The van der Waals surface area contributed by atoms with Gasteiger partial charge in [0.15, 0.2) is 0 Å². The molecular weight excluding hydrogens is 285 g/mol. The highest BCUT2D eigenvalue weighted by Crippen LogP contribution is 2.16. The molecular formula is C12H14FN3O3S. The highest BCUT2D eigenvalue weighted by molar-refractivity contribution is 7.89. The van der Waals surface area contributed by atoms with E-state index in [1.54, 1.807) is 13.1 Å². The second-order valence-corrected chi connectivity index (χ2v) is 6.01. The molecule has 0 aliphatic heterocycles. The van der Waals surface area contributed by atoms with E-state index < -0.39 is 21.9 Å². The van der Waals surface area contributed by atoms with Crippen LogP contribution in [0.2, 0.25) is 0 Å². The van der Waals surface area contributed by atoms with Crippen molar-refractivity contribution in [3.8, 4) is 0 Å². The molecule has 1 atom stereocenters. The van der Waals surface area contributed by atoms with Gasteiger partial charge in [-0.3, -0.25) is 4.68 Å². The van der Waals surface area contributed by atoms with Crippen molar-refractivity contribution in [2.45, 2.75) is 11.0 Å². The van der Waals surface area contributed by atoms with E-state index >= 15 is 0 Å². The molecule has 1 unspecified atom stereocenters. The number of rotatable bonds is 5. The molecule has 20 heavy (non-hydrogen) atoms. The smallest absolute Gasteiger partial charge is 0.243 e. The summed E-state index contributed by atoms with van der Waals surface area (Å²) in [5.74, 6) is -0.583. The second kappa shape index (κ2) is 5.70. The van der Waals surface area contributed by atoms with Gasteiger partial charge in [-0.25, -0.2) is 17.5 Å². The van der Waals surface area contributed by atoms with Crippen molar-refractivity contribution in [1.82, 2.24) is 14.5 Å². The zero-order valence-electron chi connectivity index (χ0n) is 10.7. The molecule has 0 saturated heterocycles. The third kappa shape index (κ3) is 3.21. The van der Waals surface area contributed by atoms with Crippen LogP contribution in [-0.4, -0.2) is 29.8 Å². The molecule has 0 amide bonds. The lowest BCUT2D eigenvalue weighted by molar-refractivity contribution is 0.177. The standard InChI is InChI=1S/C12H14FN3O3S/c1-16-8-9(6-14-16)20(18,19)15-7-12(17)10-4-2-3-5-11(10)13/h2-6,8,12,15,17H,7H2,1H3. The van der Waals surface area contributed by atoms with E-state index in [2.05, 4.69) is 9.82 Å². The number of aliphatic hydroxyl groups excluding tert-OH is 1. The SMILES string of the molecule is Cn1cc(S(=O)(=O)NCC(O)c2ccccc2F)cn1. The summed E-state index contributed by atoms with van der Waals surface area (Å²) in [6, 6.07) is 5.66. The van der Waals surface area contributed by atoms with Crippen LogP contribution in [0, 0.1) is 5.82 Å². The molecule has 0 saturated carbocycles. The summed E-state index contributed by atoms with van der Waals surface area (Å²) in [6.45, 7) is -0.321. The average molecular weight is 299 g/mol. The summed E-state index contributed by atoms with van der Waals surface area (Å²) in [7, 11) is -2.18. The van der Waals surface area contributed by atoms with Crippen LogP contribution in [0.15, 0.2) is 41.6 Å². The maximum atomic E-state index is 13.4. The van der Waals surface area contributed by atoms with E-state index in [0.717, 1.165) is 0 Å². The van der Waals surface area contributed by atoms with E-state index in [0.29, 0.717) is 0 Å². The number of benzene rings is 1. The Hall–Kier alpha value is -1.77. The predicted molar refractivity (Wildman–Crippen MR) is 69.8 cm³/mol. The maximum Gasteiger partial charge on any atom is 0.243 e.